The second-order valence-electron chi connectivity index (χ2n) is 10.4. The highest BCUT2D eigenvalue weighted by Gasteiger charge is 2.10. The van der Waals surface area contributed by atoms with Crippen molar-refractivity contribution in [3.8, 4) is 0 Å². The molecule has 0 unspecified atom stereocenters. The molecule has 0 bridgehead atoms. The van der Waals surface area contributed by atoms with Gasteiger partial charge >= 0.3 is 0 Å². The van der Waals surface area contributed by atoms with E-state index >= 15 is 0 Å². The molecular weight excluding hydrogens is 484 g/mol. The van der Waals surface area contributed by atoms with Crippen molar-refractivity contribution in [2.75, 3.05) is 0 Å². The van der Waals surface area contributed by atoms with Crippen molar-refractivity contribution >= 4 is 67.9 Å². The molecule has 0 aliphatic rings. The van der Waals surface area contributed by atoms with Gasteiger partial charge in [0.05, 0.1) is 0 Å². The zero-order valence-corrected chi connectivity index (χ0v) is 23.0. The fourth-order valence-electron chi connectivity index (χ4n) is 6.13. The SMILES string of the molecule is CCn1c2ccccc2c2cc(C=Cc3ccc(C=Cc4ccc5c(c4)c4ccccc4n5CC)cc3)ccc21. The van der Waals surface area contributed by atoms with Crippen molar-refractivity contribution in [2.45, 2.75) is 26.9 Å². The highest BCUT2D eigenvalue weighted by Crippen LogP contribution is 2.31. The molecule has 7 rings (SSSR count). The van der Waals surface area contributed by atoms with Gasteiger partial charge in [-0.25, -0.2) is 0 Å². The van der Waals surface area contributed by atoms with Gasteiger partial charge in [0, 0.05) is 56.7 Å². The summed E-state index contributed by atoms with van der Waals surface area (Å²) in [6.07, 6.45) is 8.82. The molecule has 0 N–H and O–H groups in total. The van der Waals surface area contributed by atoms with E-state index in [9.17, 15) is 0 Å². The van der Waals surface area contributed by atoms with Crippen molar-refractivity contribution in [2.24, 2.45) is 0 Å². The van der Waals surface area contributed by atoms with Crippen LogP contribution in [-0.4, -0.2) is 9.13 Å². The summed E-state index contributed by atoms with van der Waals surface area (Å²) < 4.78 is 4.79. The highest BCUT2D eigenvalue weighted by atomic mass is 15.0. The van der Waals surface area contributed by atoms with Crippen LogP contribution in [-0.2, 0) is 13.1 Å². The second-order valence-corrected chi connectivity index (χ2v) is 10.4. The number of hydrogen-bond donors (Lipinski definition) is 0. The Morgan fingerprint density at radius 3 is 1.18 bits per heavy atom. The van der Waals surface area contributed by atoms with Crippen molar-refractivity contribution < 1.29 is 0 Å². The summed E-state index contributed by atoms with van der Waals surface area (Å²) in [4.78, 5) is 0. The van der Waals surface area contributed by atoms with Crippen molar-refractivity contribution in [3.63, 3.8) is 0 Å². The van der Waals surface area contributed by atoms with Crippen LogP contribution in [0.4, 0.5) is 0 Å². The zero-order chi connectivity index (χ0) is 27.1. The first-order chi connectivity index (χ1) is 19.7. The number of rotatable bonds is 6. The molecule has 7 aromatic rings. The normalized spacial score (nSPS) is 12.2. The number of hydrogen-bond acceptors (Lipinski definition) is 0. The summed E-state index contributed by atoms with van der Waals surface area (Å²) in [6, 6.07) is 39.7. The maximum absolute atomic E-state index is 2.39. The molecule has 0 amide bonds. The number of nitrogens with zero attached hydrogens (tertiary/aromatic N) is 2. The first-order valence-corrected chi connectivity index (χ1v) is 14.2. The van der Waals surface area contributed by atoms with Crippen molar-refractivity contribution in [1.82, 2.24) is 9.13 Å². The van der Waals surface area contributed by atoms with E-state index in [-0.39, 0.29) is 0 Å². The van der Waals surface area contributed by atoms with Crippen LogP contribution in [0.5, 0.6) is 0 Å². The Balaban J connectivity index is 1.12. The van der Waals surface area contributed by atoms with Crippen LogP contribution in [0, 0.1) is 0 Å². The number of aryl methyl sites for hydroxylation is 2. The van der Waals surface area contributed by atoms with Crippen molar-refractivity contribution in [3.05, 3.63) is 131 Å². The van der Waals surface area contributed by atoms with Gasteiger partial charge < -0.3 is 9.13 Å². The molecule has 2 heteroatoms. The first kappa shape index (κ1) is 24.2. The van der Waals surface area contributed by atoms with Crippen LogP contribution in [0.25, 0.3) is 67.9 Å². The van der Waals surface area contributed by atoms with Crippen molar-refractivity contribution in [1.29, 1.82) is 0 Å². The van der Waals surface area contributed by atoms with Crippen LogP contribution < -0.4 is 0 Å². The van der Waals surface area contributed by atoms with E-state index in [1.807, 2.05) is 0 Å². The smallest absolute Gasteiger partial charge is 0.0491 e. The summed E-state index contributed by atoms with van der Waals surface area (Å²) in [6.45, 7) is 6.36. The molecule has 0 atom stereocenters. The maximum Gasteiger partial charge on any atom is 0.0491 e. The largest absolute Gasteiger partial charge is 0.341 e. The summed E-state index contributed by atoms with van der Waals surface area (Å²) in [5.41, 5.74) is 10.0. The van der Waals surface area contributed by atoms with E-state index in [4.69, 9.17) is 0 Å². The Morgan fingerprint density at radius 2 is 0.750 bits per heavy atom. The third-order valence-corrected chi connectivity index (χ3v) is 8.10. The molecule has 0 saturated heterocycles. The fourth-order valence-corrected chi connectivity index (χ4v) is 6.13. The highest BCUT2D eigenvalue weighted by molar-refractivity contribution is 6.09. The van der Waals surface area contributed by atoms with Gasteiger partial charge in [0.25, 0.3) is 0 Å². The van der Waals surface area contributed by atoms with Gasteiger partial charge in [0.2, 0.25) is 0 Å². The lowest BCUT2D eigenvalue weighted by atomic mass is 10.1. The molecule has 2 heterocycles. The number of benzene rings is 5. The summed E-state index contributed by atoms with van der Waals surface area (Å²) >= 11 is 0. The summed E-state index contributed by atoms with van der Waals surface area (Å²) in [5.74, 6) is 0. The standard InChI is InChI=1S/C38H32N2/c1-3-39-35-11-7-5-9-31(35)33-25-29(21-23-37(33)39)19-17-27-13-15-28(16-14-27)18-20-30-22-24-38-34(26-30)32-10-6-8-12-36(32)40(38)4-2/h5-26H,3-4H2,1-2H3. The lowest BCUT2D eigenvalue weighted by Crippen LogP contribution is -1.92. The third-order valence-electron chi connectivity index (χ3n) is 8.10. The molecule has 2 nitrogen and oxygen atoms in total. The predicted octanol–water partition coefficient (Wildman–Crippen LogP) is 10.3. The van der Waals surface area contributed by atoms with Crippen LogP contribution in [0.15, 0.2) is 109 Å². The molecule has 0 saturated carbocycles. The molecule has 0 aliphatic heterocycles. The molecule has 194 valence electrons. The van der Waals surface area contributed by atoms with Crippen LogP contribution in [0.2, 0.25) is 0 Å². The van der Waals surface area contributed by atoms with E-state index < -0.39 is 0 Å². The van der Waals surface area contributed by atoms with E-state index in [0.29, 0.717) is 0 Å². The Morgan fingerprint density at radius 1 is 0.400 bits per heavy atom. The topological polar surface area (TPSA) is 9.86 Å². The Hall–Kier alpha value is -4.82. The van der Waals surface area contributed by atoms with Gasteiger partial charge in [-0.15, -0.1) is 0 Å². The van der Waals surface area contributed by atoms with Gasteiger partial charge in [-0.3, -0.25) is 0 Å². The lowest BCUT2D eigenvalue weighted by Gasteiger charge is -2.03. The lowest BCUT2D eigenvalue weighted by molar-refractivity contribution is 0.827. The minimum Gasteiger partial charge on any atom is -0.341 e. The molecule has 0 aliphatic carbocycles. The molecule has 2 aromatic heterocycles. The molecule has 40 heavy (non-hydrogen) atoms. The molecule has 0 radical (unpaired) electrons. The second kappa shape index (κ2) is 10.1. The van der Waals surface area contributed by atoms with Crippen LogP contribution >= 0.6 is 0 Å². The Kier molecular flexibility index (Phi) is 6.09. The minimum absolute atomic E-state index is 0.970. The molecular formula is C38H32N2. The van der Waals surface area contributed by atoms with Gasteiger partial charge in [-0.05, 0) is 72.5 Å². The average Bonchev–Trinajstić information content (AvgIpc) is 3.51. The third kappa shape index (κ3) is 4.13. The van der Waals surface area contributed by atoms with Gasteiger partial charge in [0.15, 0.2) is 0 Å². The molecule has 5 aromatic carbocycles. The number of aromatic nitrogens is 2. The maximum atomic E-state index is 2.39. The predicted molar refractivity (Wildman–Crippen MR) is 175 cm³/mol. The van der Waals surface area contributed by atoms with E-state index in [1.165, 1.54) is 65.9 Å². The minimum atomic E-state index is 0.970. The zero-order valence-electron chi connectivity index (χ0n) is 23.0. The van der Waals surface area contributed by atoms with Crippen LogP contribution in [0.1, 0.15) is 36.1 Å². The van der Waals surface area contributed by atoms with Crippen LogP contribution in [0.3, 0.4) is 0 Å². The Bertz CT molecular complexity index is 1910. The molecule has 0 fully saturated rings. The summed E-state index contributed by atoms with van der Waals surface area (Å²) in [7, 11) is 0. The fraction of sp³-hybridized carbons (Fsp3) is 0.105. The number of fused-ring (bicyclic) bond motifs is 6. The molecule has 0 spiro atoms. The number of para-hydroxylation sites is 2. The first-order valence-electron chi connectivity index (χ1n) is 14.2. The van der Waals surface area contributed by atoms with Gasteiger partial charge in [-0.2, -0.15) is 0 Å². The quantitative estimate of drug-likeness (QED) is 0.195. The monoisotopic (exact) mass is 516 g/mol. The van der Waals surface area contributed by atoms with E-state index in [0.717, 1.165) is 13.1 Å². The average molecular weight is 517 g/mol. The van der Waals surface area contributed by atoms with E-state index in [1.54, 1.807) is 0 Å². The van der Waals surface area contributed by atoms with E-state index in [2.05, 4.69) is 156 Å². The van der Waals surface area contributed by atoms with Gasteiger partial charge in [0.1, 0.15) is 0 Å². The summed E-state index contributed by atoms with van der Waals surface area (Å²) in [5, 5.41) is 5.28. The van der Waals surface area contributed by atoms with Gasteiger partial charge in [-0.1, -0.05) is 97.1 Å². The Labute approximate surface area is 235 Å².